The zero-order valence-corrected chi connectivity index (χ0v) is 15.4. The van der Waals surface area contributed by atoms with E-state index in [4.69, 9.17) is 11.5 Å². The molecule has 2 aromatic heterocycles. The molecule has 1 saturated heterocycles. The van der Waals surface area contributed by atoms with Gasteiger partial charge in [-0.05, 0) is 37.5 Å². The number of piperidine rings is 1. The molecule has 2 aromatic rings. The van der Waals surface area contributed by atoms with Crippen molar-refractivity contribution in [2.45, 2.75) is 19.8 Å². The molecule has 0 aromatic carbocycles. The van der Waals surface area contributed by atoms with E-state index in [0.717, 1.165) is 5.56 Å². The Kier molecular flexibility index (Phi) is 5.13. The number of carbonyl (C=O) groups excluding carboxylic acids is 2. The molecule has 9 nitrogen and oxygen atoms in total. The van der Waals surface area contributed by atoms with Crippen LogP contribution in [-0.2, 0) is 9.59 Å². The van der Waals surface area contributed by atoms with Crippen molar-refractivity contribution >= 4 is 29.4 Å². The maximum Gasteiger partial charge on any atom is 0.267 e. The van der Waals surface area contributed by atoms with E-state index in [1.165, 1.54) is 10.5 Å². The second-order valence-corrected chi connectivity index (χ2v) is 6.74. The molecule has 1 aliphatic rings. The Hall–Kier alpha value is -3.67. The summed E-state index contributed by atoms with van der Waals surface area (Å²) in [4.78, 5) is 42.6. The third-order valence-electron chi connectivity index (χ3n) is 4.94. The van der Waals surface area contributed by atoms with E-state index >= 15 is 0 Å². The number of anilines is 1. The van der Waals surface area contributed by atoms with Crippen LogP contribution in [0.1, 0.15) is 24.0 Å². The number of hydrogen-bond donors (Lipinski definition) is 2. The van der Waals surface area contributed by atoms with Crippen LogP contribution in [0, 0.1) is 24.2 Å². The van der Waals surface area contributed by atoms with Crippen molar-refractivity contribution in [3.05, 3.63) is 45.4 Å². The number of aromatic nitrogens is 2. The first kappa shape index (κ1) is 19.1. The van der Waals surface area contributed by atoms with Crippen LogP contribution in [0.3, 0.4) is 0 Å². The molecule has 1 fully saturated rings. The molecule has 0 saturated carbocycles. The van der Waals surface area contributed by atoms with Crippen molar-refractivity contribution in [1.82, 2.24) is 9.38 Å². The Balaban J connectivity index is 2.20. The molecule has 3 heterocycles. The fourth-order valence-electron chi connectivity index (χ4n) is 3.35. The van der Waals surface area contributed by atoms with E-state index in [2.05, 4.69) is 4.98 Å². The number of nitriles is 1. The molecule has 144 valence electrons. The number of nitrogens with two attached hydrogens (primary N) is 2. The number of amides is 2. The Bertz CT molecular complexity index is 1090. The van der Waals surface area contributed by atoms with Gasteiger partial charge in [0.2, 0.25) is 5.91 Å². The number of aryl methyl sites for hydroxylation is 1. The highest BCUT2D eigenvalue weighted by Crippen LogP contribution is 2.25. The zero-order chi connectivity index (χ0) is 20.4. The van der Waals surface area contributed by atoms with Gasteiger partial charge in [-0.15, -0.1) is 0 Å². The second-order valence-electron chi connectivity index (χ2n) is 6.74. The monoisotopic (exact) mass is 380 g/mol. The van der Waals surface area contributed by atoms with Gasteiger partial charge in [0.25, 0.3) is 11.5 Å². The minimum atomic E-state index is -0.922. The van der Waals surface area contributed by atoms with E-state index < -0.39 is 11.5 Å². The van der Waals surface area contributed by atoms with Crippen LogP contribution in [0.4, 0.5) is 5.82 Å². The van der Waals surface area contributed by atoms with Crippen LogP contribution in [0.15, 0.2) is 28.7 Å². The summed E-state index contributed by atoms with van der Waals surface area (Å²) in [5.41, 5.74) is 11.3. The number of hydrogen-bond acceptors (Lipinski definition) is 6. The average Bonchev–Trinajstić information content (AvgIpc) is 2.67. The normalized spacial score (nSPS) is 15.4. The summed E-state index contributed by atoms with van der Waals surface area (Å²) < 4.78 is 1.37. The van der Waals surface area contributed by atoms with Gasteiger partial charge in [0, 0.05) is 25.2 Å². The molecule has 0 aliphatic carbocycles. The summed E-state index contributed by atoms with van der Waals surface area (Å²) in [5.74, 6) is -1.13. The number of rotatable bonds is 4. The lowest BCUT2D eigenvalue weighted by molar-refractivity contribution is -0.122. The molecular formula is C19H20N6O3. The van der Waals surface area contributed by atoms with Gasteiger partial charge in [0.15, 0.2) is 0 Å². The number of primary amides is 2. The molecular weight excluding hydrogens is 360 g/mol. The molecule has 0 spiro atoms. The van der Waals surface area contributed by atoms with E-state index in [1.54, 1.807) is 18.3 Å². The quantitative estimate of drug-likeness (QED) is 0.568. The lowest BCUT2D eigenvalue weighted by Gasteiger charge is -2.32. The summed E-state index contributed by atoms with van der Waals surface area (Å²) in [7, 11) is 0. The second kappa shape index (κ2) is 7.52. The van der Waals surface area contributed by atoms with Crippen LogP contribution < -0.4 is 21.9 Å². The highest BCUT2D eigenvalue weighted by Gasteiger charge is 2.27. The SMILES string of the molecule is Cc1cccn2c(=O)c(/C=C(\C#N)C(N)=O)c(N3CCC(C(N)=O)CC3)nc12. The molecule has 0 bridgehead atoms. The number of fused-ring (bicyclic) bond motifs is 1. The summed E-state index contributed by atoms with van der Waals surface area (Å²) in [5, 5.41) is 9.19. The van der Waals surface area contributed by atoms with Crippen molar-refractivity contribution in [3.63, 3.8) is 0 Å². The van der Waals surface area contributed by atoms with Gasteiger partial charge >= 0.3 is 0 Å². The number of carbonyl (C=O) groups is 2. The minimum absolute atomic E-state index is 0.107. The maximum atomic E-state index is 13.1. The fourth-order valence-corrected chi connectivity index (χ4v) is 3.35. The lowest BCUT2D eigenvalue weighted by atomic mass is 9.96. The van der Waals surface area contributed by atoms with Crippen molar-refractivity contribution in [3.8, 4) is 6.07 Å². The smallest absolute Gasteiger partial charge is 0.267 e. The molecule has 0 radical (unpaired) electrons. The van der Waals surface area contributed by atoms with Crippen LogP contribution >= 0.6 is 0 Å². The molecule has 28 heavy (non-hydrogen) atoms. The lowest BCUT2D eigenvalue weighted by Crippen LogP contribution is -2.40. The molecule has 3 rings (SSSR count). The zero-order valence-electron chi connectivity index (χ0n) is 15.4. The molecule has 9 heteroatoms. The summed E-state index contributed by atoms with van der Waals surface area (Å²) in [6, 6.07) is 5.28. The number of nitrogens with zero attached hydrogens (tertiary/aromatic N) is 4. The first-order valence-electron chi connectivity index (χ1n) is 8.81. The summed E-state index contributed by atoms with van der Waals surface area (Å²) in [6.45, 7) is 2.79. The predicted molar refractivity (Wildman–Crippen MR) is 103 cm³/mol. The molecule has 1 aliphatic heterocycles. The molecule has 4 N–H and O–H groups in total. The van der Waals surface area contributed by atoms with Gasteiger partial charge in [-0.1, -0.05) is 6.07 Å². The maximum absolute atomic E-state index is 13.1. The van der Waals surface area contributed by atoms with Gasteiger partial charge in [0.05, 0.1) is 5.56 Å². The van der Waals surface area contributed by atoms with E-state index in [-0.39, 0.29) is 23.0 Å². The highest BCUT2D eigenvalue weighted by molar-refractivity contribution is 6.01. The number of pyridine rings is 1. The Morgan fingerprint density at radius 2 is 2.00 bits per heavy atom. The van der Waals surface area contributed by atoms with E-state index in [0.29, 0.717) is 37.4 Å². The molecule has 2 amide bonds. The van der Waals surface area contributed by atoms with Crippen LogP contribution in [0.5, 0.6) is 0 Å². The Morgan fingerprint density at radius 1 is 1.32 bits per heavy atom. The van der Waals surface area contributed by atoms with Crippen LogP contribution in [0.2, 0.25) is 0 Å². The van der Waals surface area contributed by atoms with Crippen LogP contribution in [-0.4, -0.2) is 34.3 Å². The summed E-state index contributed by atoms with van der Waals surface area (Å²) >= 11 is 0. The third-order valence-corrected chi connectivity index (χ3v) is 4.94. The topological polar surface area (TPSA) is 148 Å². The summed E-state index contributed by atoms with van der Waals surface area (Å²) in [6.07, 6.45) is 3.83. The Morgan fingerprint density at radius 3 is 2.57 bits per heavy atom. The van der Waals surface area contributed by atoms with Gasteiger partial charge in [-0.3, -0.25) is 18.8 Å². The van der Waals surface area contributed by atoms with Crippen molar-refractivity contribution < 1.29 is 9.59 Å². The van der Waals surface area contributed by atoms with E-state index in [1.807, 2.05) is 17.9 Å². The third kappa shape index (κ3) is 3.44. The van der Waals surface area contributed by atoms with Crippen molar-refractivity contribution in [2.75, 3.05) is 18.0 Å². The van der Waals surface area contributed by atoms with Crippen LogP contribution in [0.25, 0.3) is 11.7 Å². The van der Waals surface area contributed by atoms with Gasteiger partial charge in [-0.25, -0.2) is 4.98 Å². The first-order valence-corrected chi connectivity index (χ1v) is 8.81. The first-order chi connectivity index (χ1) is 13.3. The minimum Gasteiger partial charge on any atom is -0.369 e. The fraction of sp³-hybridized carbons (Fsp3) is 0.316. The largest absolute Gasteiger partial charge is 0.369 e. The predicted octanol–water partition coefficient (Wildman–Crippen LogP) is 0.0969. The molecule has 0 atom stereocenters. The van der Waals surface area contributed by atoms with E-state index in [9.17, 15) is 19.6 Å². The van der Waals surface area contributed by atoms with Gasteiger partial charge in [0.1, 0.15) is 23.1 Å². The highest BCUT2D eigenvalue weighted by atomic mass is 16.1. The average molecular weight is 380 g/mol. The standard InChI is InChI=1S/C19H20N6O3/c1-11-3-2-6-25-17(11)23-18(24-7-4-12(5-8-24)15(21)26)14(19(25)28)9-13(10-20)16(22)27/h2-3,6,9,12H,4-5,7-8H2,1H3,(H2,21,26)(H2,22,27)/b13-9+. The molecule has 0 unspecified atom stereocenters. The van der Waals surface area contributed by atoms with Crippen molar-refractivity contribution in [1.29, 1.82) is 5.26 Å². The Labute approximate surface area is 160 Å². The van der Waals surface area contributed by atoms with Gasteiger partial charge in [-0.2, -0.15) is 5.26 Å². The van der Waals surface area contributed by atoms with Crippen molar-refractivity contribution in [2.24, 2.45) is 17.4 Å². The van der Waals surface area contributed by atoms with Gasteiger partial charge < -0.3 is 16.4 Å².